The second-order valence-corrected chi connectivity index (χ2v) is 5.42. The fourth-order valence-corrected chi connectivity index (χ4v) is 2.71. The van der Waals surface area contributed by atoms with Crippen molar-refractivity contribution in [3.05, 3.63) is 34.3 Å². The zero-order chi connectivity index (χ0) is 11.1. The van der Waals surface area contributed by atoms with Crippen molar-refractivity contribution in [2.45, 2.75) is 19.4 Å². The van der Waals surface area contributed by atoms with Gasteiger partial charge in [0.15, 0.2) is 0 Å². The number of benzene rings is 1. The molecule has 0 saturated heterocycles. The molecule has 1 aromatic rings. The smallest absolute Gasteiger partial charge is 0.0861 e. The first kappa shape index (κ1) is 11.1. The molecule has 3 unspecified atom stereocenters. The van der Waals surface area contributed by atoms with Crippen LogP contribution in [0.3, 0.4) is 0 Å². The average Bonchev–Trinajstić information content (AvgIpc) is 2.90. The van der Waals surface area contributed by atoms with Crippen LogP contribution < -0.4 is 5.73 Å². The molecule has 1 fully saturated rings. The van der Waals surface area contributed by atoms with Gasteiger partial charge in [0.1, 0.15) is 0 Å². The Bertz CT molecular complexity index is 364. The molecule has 0 aromatic heterocycles. The predicted octanol–water partition coefficient (Wildman–Crippen LogP) is 2.47. The molecule has 15 heavy (non-hydrogen) atoms. The van der Waals surface area contributed by atoms with Gasteiger partial charge in [-0.2, -0.15) is 0 Å². The van der Waals surface area contributed by atoms with E-state index in [4.69, 9.17) is 5.73 Å². The third-order valence-electron chi connectivity index (χ3n) is 3.60. The Kier molecular flexibility index (Phi) is 2.88. The van der Waals surface area contributed by atoms with Crippen LogP contribution in [0.15, 0.2) is 28.7 Å². The van der Waals surface area contributed by atoms with E-state index in [-0.39, 0.29) is 5.41 Å². The molecular weight excluding hydrogens is 254 g/mol. The van der Waals surface area contributed by atoms with Gasteiger partial charge in [-0.1, -0.05) is 35.0 Å². The summed E-state index contributed by atoms with van der Waals surface area (Å²) in [6.45, 7) is 2.70. The number of aliphatic hydroxyl groups excluding tert-OH is 1. The van der Waals surface area contributed by atoms with Crippen molar-refractivity contribution < 1.29 is 5.11 Å². The molecule has 3 N–H and O–H groups in total. The topological polar surface area (TPSA) is 46.2 Å². The predicted molar refractivity (Wildman–Crippen MR) is 64.4 cm³/mol. The van der Waals surface area contributed by atoms with Crippen molar-refractivity contribution in [1.29, 1.82) is 0 Å². The lowest BCUT2D eigenvalue weighted by atomic mass is 9.91. The van der Waals surface area contributed by atoms with Gasteiger partial charge >= 0.3 is 0 Å². The average molecular weight is 270 g/mol. The number of halogens is 1. The van der Waals surface area contributed by atoms with Gasteiger partial charge in [-0.25, -0.2) is 0 Å². The summed E-state index contributed by atoms with van der Waals surface area (Å²) < 4.78 is 1.000. The molecule has 1 aliphatic rings. The highest BCUT2D eigenvalue weighted by Gasteiger charge is 2.55. The van der Waals surface area contributed by atoms with Crippen LogP contribution in [-0.4, -0.2) is 11.7 Å². The maximum atomic E-state index is 10.3. The van der Waals surface area contributed by atoms with Gasteiger partial charge < -0.3 is 10.8 Å². The fourth-order valence-electron chi connectivity index (χ4n) is 2.30. The highest BCUT2D eigenvalue weighted by Crippen LogP contribution is 2.59. The van der Waals surface area contributed by atoms with E-state index in [2.05, 4.69) is 22.9 Å². The van der Waals surface area contributed by atoms with Crippen LogP contribution in [0, 0.1) is 11.3 Å². The van der Waals surface area contributed by atoms with Crippen LogP contribution in [-0.2, 0) is 0 Å². The van der Waals surface area contributed by atoms with Crippen LogP contribution >= 0.6 is 15.9 Å². The summed E-state index contributed by atoms with van der Waals surface area (Å²) in [5, 5.41) is 10.3. The summed E-state index contributed by atoms with van der Waals surface area (Å²) in [5.41, 5.74) is 6.64. The normalized spacial score (nSPS) is 31.3. The summed E-state index contributed by atoms with van der Waals surface area (Å²) in [7, 11) is 0. The number of nitrogens with two attached hydrogens (primary N) is 1. The zero-order valence-corrected chi connectivity index (χ0v) is 10.4. The lowest BCUT2D eigenvalue weighted by Gasteiger charge is -2.22. The Morgan fingerprint density at radius 3 is 2.80 bits per heavy atom. The zero-order valence-electron chi connectivity index (χ0n) is 8.78. The van der Waals surface area contributed by atoms with E-state index in [9.17, 15) is 5.11 Å². The lowest BCUT2D eigenvalue weighted by molar-refractivity contribution is 0.0888. The molecule has 1 aliphatic carbocycles. The molecule has 0 aliphatic heterocycles. The summed E-state index contributed by atoms with van der Waals surface area (Å²) in [5.74, 6) is 0.525. The minimum absolute atomic E-state index is 0.0825. The third-order valence-corrected chi connectivity index (χ3v) is 4.09. The maximum absolute atomic E-state index is 10.3. The van der Waals surface area contributed by atoms with Gasteiger partial charge in [-0.05, 0) is 30.0 Å². The summed E-state index contributed by atoms with van der Waals surface area (Å²) >= 11 is 3.41. The molecule has 2 nitrogen and oxygen atoms in total. The number of hydrogen-bond donors (Lipinski definition) is 2. The minimum atomic E-state index is -0.435. The van der Waals surface area contributed by atoms with E-state index in [0.717, 1.165) is 16.5 Å². The first-order valence-corrected chi connectivity index (χ1v) is 6.03. The Morgan fingerprint density at radius 2 is 2.33 bits per heavy atom. The molecule has 1 aromatic carbocycles. The number of hydrogen-bond acceptors (Lipinski definition) is 2. The molecule has 3 atom stereocenters. The van der Waals surface area contributed by atoms with E-state index in [1.54, 1.807) is 0 Å². The van der Waals surface area contributed by atoms with E-state index in [1.807, 2.05) is 24.3 Å². The number of aliphatic hydroxyl groups is 1. The Balaban J connectivity index is 2.25. The van der Waals surface area contributed by atoms with E-state index in [1.165, 1.54) is 0 Å². The SMILES string of the molecule is CC1CC1(CN)C(O)c1cccc(Br)c1. The van der Waals surface area contributed by atoms with Crippen molar-refractivity contribution in [1.82, 2.24) is 0 Å². The van der Waals surface area contributed by atoms with Crippen LogP contribution in [0.25, 0.3) is 0 Å². The Morgan fingerprint density at radius 1 is 1.67 bits per heavy atom. The van der Waals surface area contributed by atoms with Gasteiger partial charge in [0.05, 0.1) is 6.10 Å². The summed E-state index contributed by atoms with van der Waals surface area (Å²) in [6.07, 6.45) is 0.590. The first-order valence-electron chi connectivity index (χ1n) is 5.24. The van der Waals surface area contributed by atoms with Crippen LogP contribution in [0.1, 0.15) is 25.0 Å². The molecule has 1 saturated carbocycles. The van der Waals surface area contributed by atoms with Crippen molar-refractivity contribution in [3.8, 4) is 0 Å². The van der Waals surface area contributed by atoms with Gasteiger partial charge in [0.25, 0.3) is 0 Å². The second kappa shape index (κ2) is 3.89. The van der Waals surface area contributed by atoms with Crippen LogP contribution in [0.5, 0.6) is 0 Å². The molecule has 2 rings (SSSR count). The fraction of sp³-hybridized carbons (Fsp3) is 0.500. The first-order chi connectivity index (χ1) is 7.10. The van der Waals surface area contributed by atoms with Crippen molar-refractivity contribution in [3.63, 3.8) is 0 Å². The third kappa shape index (κ3) is 1.84. The Labute approximate surface area is 98.6 Å². The van der Waals surface area contributed by atoms with Gasteiger partial charge in [0, 0.05) is 16.4 Å². The van der Waals surface area contributed by atoms with Gasteiger partial charge in [0.2, 0.25) is 0 Å². The van der Waals surface area contributed by atoms with Crippen molar-refractivity contribution in [2.24, 2.45) is 17.1 Å². The largest absolute Gasteiger partial charge is 0.388 e. The standard InChI is InChI=1S/C12H16BrNO/c1-8-6-12(8,7-14)11(15)9-3-2-4-10(13)5-9/h2-5,8,11,15H,6-7,14H2,1H3. The molecule has 0 spiro atoms. The number of rotatable bonds is 3. The van der Waals surface area contributed by atoms with E-state index < -0.39 is 6.10 Å². The van der Waals surface area contributed by atoms with E-state index >= 15 is 0 Å². The molecule has 0 heterocycles. The van der Waals surface area contributed by atoms with Gasteiger partial charge in [-0.15, -0.1) is 0 Å². The molecule has 0 amide bonds. The quantitative estimate of drug-likeness (QED) is 0.886. The van der Waals surface area contributed by atoms with E-state index in [0.29, 0.717) is 12.5 Å². The highest BCUT2D eigenvalue weighted by molar-refractivity contribution is 9.10. The van der Waals surface area contributed by atoms with Crippen molar-refractivity contribution >= 4 is 15.9 Å². The van der Waals surface area contributed by atoms with Gasteiger partial charge in [-0.3, -0.25) is 0 Å². The summed E-state index contributed by atoms with van der Waals surface area (Å²) in [6, 6.07) is 7.83. The second-order valence-electron chi connectivity index (χ2n) is 4.50. The lowest BCUT2D eigenvalue weighted by Crippen LogP contribution is -2.25. The molecule has 0 bridgehead atoms. The molecule has 82 valence electrons. The van der Waals surface area contributed by atoms with Crippen molar-refractivity contribution in [2.75, 3.05) is 6.54 Å². The molecule has 0 radical (unpaired) electrons. The maximum Gasteiger partial charge on any atom is 0.0861 e. The molecule has 3 heteroatoms. The molecular formula is C12H16BrNO. The monoisotopic (exact) mass is 269 g/mol. The minimum Gasteiger partial charge on any atom is -0.388 e. The van der Waals surface area contributed by atoms with Crippen LogP contribution in [0.2, 0.25) is 0 Å². The highest BCUT2D eigenvalue weighted by atomic mass is 79.9. The Hall–Kier alpha value is -0.380. The summed E-state index contributed by atoms with van der Waals surface area (Å²) in [4.78, 5) is 0. The van der Waals surface area contributed by atoms with Crippen LogP contribution in [0.4, 0.5) is 0 Å².